The number of halogens is 2. The van der Waals surface area contributed by atoms with Gasteiger partial charge in [-0.05, 0) is 30.5 Å². The maximum atomic E-state index is 12.8. The quantitative estimate of drug-likeness (QED) is 0.639. The molecule has 0 fully saturated rings. The monoisotopic (exact) mass is 395 g/mol. The van der Waals surface area contributed by atoms with Crippen molar-refractivity contribution in [3.05, 3.63) is 36.4 Å². The smallest absolute Gasteiger partial charge is 0.247 e. The number of aromatic nitrogens is 4. The van der Waals surface area contributed by atoms with Crippen LogP contribution in [0.2, 0.25) is 0 Å². The van der Waals surface area contributed by atoms with Crippen LogP contribution in [0.25, 0.3) is 11.2 Å². The Morgan fingerprint density at radius 1 is 1.15 bits per heavy atom. The third-order valence-corrected chi connectivity index (χ3v) is 4.32. The average Bonchev–Trinajstić information content (AvgIpc) is 2.99. The highest BCUT2D eigenvalue weighted by Crippen LogP contribution is 2.31. The van der Waals surface area contributed by atoms with Crippen molar-refractivity contribution in [2.24, 2.45) is 0 Å². The fraction of sp³-hybridized carbons (Fsp3) is 0.250. The zero-order chi connectivity index (χ0) is 16.7. The Hall–Kier alpha value is -2.58. The van der Waals surface area contributed by atoms with Gasteiger partial charge in [0, 0.05) is 17.9 Å². The van der Waals surface area contributed by atoms with Gasteiger partial charge in [0.05, 0.1) is 6.33 Å². The minimum absolute atomic E-state index is 0. The molecular weight excluding hydrogens is 377 g/mol. The summed E-state index contributed by atoms with van der Waals surface area (Å²) in [6, 6.07) is 5.69. The number of anilines is 3. The molecule has 8 nitrogen and oxygen atoms in total. The fourth-order valence-electron chi connectivity index (χ4n) is 3.16. The van der Waals surface area contributed by atoms with Crippen molar-refractivity contribution in [3.63, 3.8) is 0 Å². The maximum Gasteiger partial charge on any atom is 0.247 e. The number of benzene rings is 1. The van der Waals surface area contributed by atoms with Crippen molar-refractivity contribution in [2.45, 2.75) is 19.4 Å². The summed E-state index contributed by atoms with van der Waals surface area (Å²) in [5.41, 5.74) is 15.6. The van der Waals surface area contributed by atoms with E-state index in [-0.39, 0.29) is 37.3 Å². The molecule has 0 aliphatic carbocycles. The van der Waals surface area contributed by atoms with Gasteiger partial charge in [0.2, 0.25) is 5.91 Å². The van der Waals surface area contributed by atoms with Crippen LogP contribution in [-0.4, -0.2) is 32.0 Å². The zero-order valence-electron chi connectivity index (χ0n) is 13.8. The molecule has 1 amide bonds. The zero-order valence-corrected chi connectivity index (χ0v) is 15.5. The van der Waals surface area contributed by atoms with Gasteiger partial charge in [0.15, 0.2) is 11.5 Å². The molecule has 1 aromatic carbocycles. The van der Waals surface area contributed by atoms with E-state index in [1.807, 2.05) is 18.2 Å². The lowest BCUT2D eigenvalue weighted by molar-refractivity contribution is -0.119. The summed E-state index contributed by atoms with van der Waals surface area (Å²) >= 11 is 0. The fourth-order valence-corrected chi connectivity index (χ4v) is 3.16. The Labute approximate surface area is 162 Å². The molecule has 3 aromatic rings. The van der Waals surface area contributed by atoms with Gasteiger partial charge in [0.25, 0.3) is 0 Å². The van der Waals surface area contributed by atoms with Crippen LogP contribution in [0, 0.1) is 0 Å². The van der Waals surface area contributed by atoms with Crippen LogP contribution in [0.15, 0.2) is 30.9 Å². The second kappa shape index (κ2) is 7.76. The summed E-state index contributed by atoms with van der Waals surface area (Å²) in [4.78, 5) is 26.9. The van der Waals surface area contributed by atoms with Crippen LogP contribution in [-0.2, 0) is 17.8 Å². The number of carbonyl (C=O) groups excluding carboxylic acids is 1. The Morgan fingerprint density at radius 3 is 2.77 bits per heavy atom. The highest BCUT2D eigenvalue weighted by molar-refractivity contribution is 5.96. The number of hydrogen-bond donors (Lipinski definition) is 2. The van der Waals surface area contributed by atoms with Crippen molar-refractivity contribution < 1.29 is 4.79 Å². The highest BCUT2D eigenvalue weighted by atomic mass is 35.5. The first-order chi connectivity index (χ1) is 11.6. The minimum atomic E-state index is -0.0296. The van der Waals surface area contributed by atoms with Gasteiger partial charge >= 0.3 is 0 Å². The number of fused-ring (bicyclic) bond motifs is 2. The van der Waals surface area contributed by atoms with E-state index in [0.717, 1.165) is 29.8 Å². The standard InChI is InChI=1S/C16H17N7O.2ClH/c17-11-4-1-5-12-10(11)3-2-6-23(12)13(24)7-22-9-21-14-15(18)19-8-20-16(14)22;;/h1,4-5,8-9H,2-3,6-7,17H2,(H2,18,19,20);2*1H. The number of carbonyl (C=O) groups is 1. The summed E-state index contributed by atoms with van der Waals surface area (Å²) in [7, 11) is 0. The van der Waals surface area contributed by atoms with Gasteiger partial charge in [-0.3, -0.25) is 4.79 Å². The minimum Gasteiger partial charge on any atom is -0.398 e. The predicted octanol–water partition coefficient (Wildman–Crippen LogP) is 1.81. The number of rotatable bonds is 2. The van der Waals surface area contributed by atoms with Crippen molar-refractivity contribution in [3.8, 4) is 0 Å². The van der Waals surface area contributed by atoms with Crippen LogP contribution in [0.1, 0.15) is 12.0 Å². The second-order valence-corrected chi connectivity index (χ2v) is 5.80. The maximum absolute atomic E-state index is 12.8. The highest BCUT2D eigenvalue weighted by Gasteiger charge is 2.24. The van der Waals surface area contributed by atoms with E-state index < -0.39 is 0 Å². The summed E-state index contributed by atoms with van der Waals surface area (Å²) in [6.07, 6.45) is 4.73. The summed E-state index contributed by atoms with van der Waals surface area (Å²) < 4.78 is 1.69. The van der Waals surface area contributed by atoms with Crippen molar-refractivity contribution in [1.29, 1.82) is 0 Å². The molecule has 138 valence electrons. The molecule has 0 saturated heterocycles. The Morgan fingerprint density at radius 2 is 1.96 bits per heavy atom. The molecule has 1 aliphatic heterocycles. The largest absolute Gasteiger partial charge is 0.398 e. The molecular formula is C16H19Cl2N7O. The topological polar surface area (TPSA) is 116 Å². The number of amides is 1. The summed E-state index contributed by atoms with van der Waals surface area (Å²) in [6.45, 7) is 0.820. The first-order valence-corrected chi connectivity index (χ1v) is 7.74. The molecule has 0 bridgehead atoms. The van der Waals surface area contributed by atoms with Crippen molar-refractivity contribution in [1.82, 2.24) is 19.5 Å². The first-order valence-electron chi connectivity index (χ1n) is 7.74. The second-order valence-electron chi connectivity index (χ2n) is 5.80. The molecule has 0 unspecified atom stereocenters. The Kier molecular flexibility index (Phi) is 5.89. The molecule has 0 saturated carbocycles. The third-order valence-electron chi connectivity index (χ3n) is 4.32. The number of imidazole rings is 1. The third kappa shape index (κ3) is 3.25. The number of hydrogen-bond acceptors (Lipinski definition) is 6. The van der Waals surface area contributed by atoms with E-state index >= 15 is 0 Å². The lowest BCUT2D eigenvalue weighted by Crippen LogP contribution is -2.37. The molecule has 0 atom stereocenters. The molecule has 0 radical (unpaired) electrons. The Bertz CT molecular complexity index is 943. The molecule has 26 heavy (non-hydrogen) atoms. The summed E-state index contributed by atoms with van der Waals surface area (Å²) in [5, 5.41) is 0. The van der Waals surface area contributed by atoms with Gasteiger partial charge in [-0.25, -0.2) is 15.0 Å². The first kappa shape index (κ1) is 19.7. The van der Waals surface area contributed by atoms with E-state index in [1.165, 1.54) is 6.33 Å². The van der Waals surface area contributed by atoms with E-state index in [9.17, 15) is 4.79 Å². The predicted molar refractivity (Wildman–Crippen MR) is 106 cm³/mol. The van der Waals surface area contributed by atoms with Gasteiger partial charge in [0.1, 0.15) is 18.4 Å². The van der Waals surface area contributed by atoms with Crippen molar-refractivity contribution in [2.75, 3.05) is 22.9 Å². The molecule has 0 spiro atoms. The SMILES string of the molecule is Cl.Cl.Nc1cccc2c1CCCN2C(=O)Cn1cnc2c(N)ncnc21. The van der Waals surface area contributed by atoms with Crippen molar-refractivity contribution >= 4 is 59.1 Å². The molecule has 1 aliphatic rings. The summed E-state index contributed by atoms with van der Waals surface area (Å²) in [5.74, 6) is 0.278. The lowest BCUT2D eigenvalue weighted by atomic mass is 10.00. The van der Waals surface area contributed by atoms with E-state index in [2.05, 4.69) is 15.0 Å². The Balaban J connectivity index is 0.00000121. The molecule has 4 rings (SSSR count). The average molecular weight is 396 g/mol. The van der Waals surface area contributed by atoms with Gasteiger partial charge < -0.3 is 20.9 Å². The molecule has 4 N–H and O–H groups in total. The van der Waals surface area contributed by atoms with Crippen LogP contribution < -0.4 is 16.4 Å². The van der Waals surface area contributed by atoms with Crippen LogP contribution in [0.3, 0.4) is 0 Å². The van der Waals surface area contributed by atoms with E-state index in [4.69, 9.17) is 11.5 Å². The van der Waals surface area contributed by atoms with Crippen LogP contribution in [0.5, 0.6) is 0 Å². The van der Waals surface area contributed by atoms with Gasteiger partial charge in [-0.2, -0.15) is 0 Å². The molecule has 10 heteroatoms. The molecule has 2 aromatic heterocycles. The molecule has 3 heterocycles. The normalized spacial score (nSPS) is 12.8. The number of nitrogens with two attached hydrogens (primary N) is 2. The van der Waals surface area contributed by atoms with Gasteiger partial charge in [-0.1, -0.05) is 6.07 Å². The van der Waals surface area contributed by atoms with E-state index in [0.29, 0.717) is 23.5 Å². The number of nitrogen functional groups attached to an aromatic ring is 2. The lowest BCUT2D eigenvalue weighted by Gasteiger charge is -2.30. The van der Waals surface area contributed by atoms with E-state index in [1.54, 1.807) is 15.8 Å². The van der Waals surface area contributed by atoms with Crippen LogP contribution in [0.4, 0.5) is 17.2 Å². The number of nitrogens with zero attached hydrogens (tertiary/aromatic N) is 5. The van der Waals surface area contributed by atoms with Gasteiger partial charge in [-0.15, -0.1) is 24.8 Å². The van der Waals surface area contributed by atoms with Crippen LogP contribution >= 0.6 is 24.8 Å².